The highest BCUT2D eigenvalue weighted by atomic mass is 16.5. The van der Waals surface area contributed by atoms with Crippen molar-refractivity contribution in [3.8, 4) is 0 Å². The highest BCUT2D eigenvalue weighted by molar-refractivity contribution is 5.71. The number of nitrogens with two attached hydrogens (primary N) is 1. The van der Waals surface area contributed by atoms with E-state index in [0.717, 1.165) is 19.3 Å². The van der Waals surface area contributed by atoms with Crippen LogP contribution in [0.3, 0.4) is 0 Å². The molecule has 0 spiro atoms. The smallest absolute Gasteiger partial charge is 0.307 e. The Morgan fingerprint density at radius 1 is 1.24 bits per heavy atom. The average molecular weight is 245 g/mol. The summed E-state index contributed by atoms with van der Waals surface area (Å²) in [5.41, 5.74) is 5.66. The van der Waals surface area contributed by atoms with Crippen LogP contribution in [0.1, 0.15) is 32.1 Å². The molecule has 100 valence electrons. The van der Waals surface area contributed by atoms with Crippen LogP contribution in [0.25, 0.3) is 0 Å². The summed E-state index contributed by atoms with van der Waals surface area (Å²) in [4.78, 5) is 11.4. The number of hydrogen-bond acceptors (Lipinski definition) is 5. The summed E-state index contributed by atoms with van der Waals surface area (Å²) in [5, 5.41) is 0. The van der Waals surface area contributed by atoms with E-state index in [0.29, 0.717) is 39.3 Å². The van der Waals surface area contributed by atoms with Gasteiger partial charge in [0.15, 0.2) is 0 Å². The molecule has 5 nitrogen and oxygen atoms in total. The molecule has 0 atom stereocenters. The van der Waals surface area contributed by atoms with Crippen LogP contribution in [0.4, 0.5) is 0 Å². The molecule has 0 aromatic rings. The maximum Gasteiger partial charge on any atom is 0.307 e. The number of ether oxygens (including phenoxy) is 3. The third kappa shape index (κ3) is 6.00. The fourth-order valence-corrected chi connectivity index (χ4v) is 1.74. The normalized spacial score (nSPS) is 17.5. The zero-order valence-corrected chi connectivity index (χ0v) is 10.6. The van der Waals surface area contributed by atoms with Crippen molar-refractivity contribution in [2.24, 2.45) is 5.73 Å². The van der Waals surface area contributed by atoms with Crippen LogP contribution in [0.15, 0.2) is 0 Å². The minimum atomic E-state index is -0.286. The van der Waals surface area contributed by atoms with Gasteiger partial charge in [-0.05, 0) is 19.3 Å². The lowest BCUT2D eigenvalue weighted by molar-refractivity contribution is -0.146. The molecule has 0 radical (unpaired) electrons. The van der Waals surface area contributed by atoms with E-state index in [4.69, 9.17) is 19.9 Å². The molecule has 0 aromatic carbocycles. The highest BCUT2D eigenvalue weighted by Crippen LogP contribution is 2.32. The van der Waals surface area contributed by atoms with Gasteiger partial charge in [0, 0.05) is 25.7 Å². The quantitative estimate of drug-likeness (QED) is 0.482. The molecule has 17 heavy (non-hydrogen) atoms. The Kier molecular flexibility index (Phi) is 6.47. The van der Waals surface area contributed by atoms with Crippen molar-refractivity contribution in [1.29, 1.82) is 0 Å². The highest BCUT2D eigenvalue weighted by Gasteiger charge is 2.35. The van der Waals surface area contributed by atoms with Crippen molar-refractivity contribution in [2.75, 3.05) is 33.5 Å². The van der Waals surface area contributed by atoms with Crippen LogP contribution in [0.2, 0.25) is 0 Å². The Balaban J connectivity index is 1.90. The van der Waals surface area contributed by atoms with Crippen LogP contribution in [0, 0.1) is 0 Å². The number of rotatable bonds is 9. The molecule has 1 aliphatic rings. The van der Waals surface area contributed by atoms with E-state index in [1.165, 1.54) is 0 Å². The van der Waals surface area contributed by atoms with E-state index < -0.39 is 0 Å². The van der Waals surface area contributed by atoms with Gasteiger partial charge in [-0.2, -0.15) is 0 Å². The largest absolute Gasteiger partial charge is 0.466 e. The first-order valence-electron chi connectivity index (χ1n) is 6.17. The maximum atomic E-state index is 11.4. The molecule has 0 bridgehead atoms. The Labute approximate surface area is 103 Å². The number of hydrogen-bond donors (Lipinski definition) is 1. The molecule has 5 heteroatoms. The summed E-state index contributed by atoms with van der Waals surface area (Å²) in [6.07, 6.45) is 4.05. The van der Waals surface area contributed by atoms with Gasteiger partial charge in [-0.25, -0.2) is 0 Å². The van der Waals surface area contributed by atoms with Gasteiger partial charge >= 0.3 is 5.97 Å². The van der Waals surface area contributed by atoms with Crippen LogP contribution >= 0.6 is 0 Å². The molecule has 0 unspecified atom stereocenters. The molecule has 1 rings (SSSR count). The summed E-state index contributed by atoms with van der Waals surface area (Å²) < 4.78 is 15.2. The van der Waals surface area contributed by atoms with Gasteiger partial charge in [-0.15, -0.1) is 0 Å². The molecule has 0 amide bonds. The summed E-state index contributed by atoms with van der Waals surface area (Å²) in [6, 6.07) is 0. The fourth-order valence-electron chi connectivity index (χ4n) is 1.74. The Hall–Kier alpha value is -0.650. The Bertz CT molecular complexity index is 229. The predicted molar refractivity (Wildman–Crippen MR) is 63.7 cm³/mol. The van der Waals surface area contributed by atoms with Gasteiger partial charge in [0.05, 0.1) is 26.2 Å². The van der Waals surface area contributed by atoms with Crippen molar-refractivity contribution >= 4 is 5.97 Å². The topological polar surface area (TPSA) is 70.8 Å². The fraction of sp³-hybridized carbons (Fsp3) is 0.917. The molecule has 2 N–H and O–H groups in total. The van der Waals surface area contributed by atoms with Gasteiger partial charge in [-0.3, -0.25) is 4.79 Å². The van der Waals surface area contributed by atoms with Crippen molar-refractivity contribution in [3.63, 3.8) is 0 Å². The second kappa shape index (κ2) is 7.63. The van der Waals surface area contributed by atoms with Gasteiger partial charge in [0.1, 0.15) is 0 Å². The first-order valence-corrected chi connectivity index (χ1v) is 6.17. The lowest BCUT2D eigenvalue weighted by Gasteiger charge is -2.37. The van der Waals surface area contributed by atoms with E-state index in [1.807, 2.05) is 0 Å². The number of carbonyl (C=O) groups is 1. The standard InChI is InChI=1S/C12H23NO4/c1-15-8-9-16-6-3-7-17-11(14)10-12(13)4-2-5-12/h2-10,13H2,1H3. The number of esters is 1. The number of carbonyl (C=O) groups excluding carboxylic acids is 1. The molecule has 1 aliphatic carbocycles. The maximum absolute atomic E-state index is 11.4. The predicted octanol–water partition coefficient (Wildman–Crippen LogP) is 0.854. The van der Waals surface area contributed by atoms with Gasteiger partial charge in [-0.1, -0.05) is 0 Å². The van der Waals surface area contributed by atoms with Crippen molar-refractivity contribution < 1.29 is 19.0 Å². The van der Waals surface area contributed by atoms with E-state index in [9.17, 15) is 4.79 Å². The molecular formula is C12H23NO4. The van der Waals surface area contributed by atoms with Gasteiger partial charge in [0.25, 0.3) is 0 Å². The second-order valence-electron chi connectivity index (χ2n) is 4.57. The van der Waals surface area contributed by atoms with Crippen molar-refractivity contribution in [3.05, 3.63) is 0 Å². The molecule has 0 aromatic heterocycles. The van der Waals surface area contributed by atoms with Crippen LogP contribution in [-0.4, -0.2) is 45.0 Å². The summed E-state index contributed by atoms with van der Waals surface area (Å²) in [5.74, 6) is -0.191. The molecule has 1 saturated carbocycles. The van der Waals surface area contributed by atoms with E-state index in [1.54, 1.807) is 7.11 Å². The van der Waals surface area contributed by atoms with Crippen LogP contribution in [-0.2, 0) is 19.0 Å². The van der Waals surface area contributed by atoms with Crippen LogP contribution < -0.4 is 5.73 Å². The van der Waals surface area contributed by atoms with E-state index in [2.05, 4.69) is 0 Å². The van der Waals surface area contributed by atoms with Gasteiger partial charge < -0.3 is 19.9 Å². The summed E-state index contributed by atoms with van der Waals surface area (Å²) >= 11 is 0. The lowest BCUT2D eigenvalue weighted by atomic mass is 9.75. The summed E-state index contributed by atoms with van der Waals surface area (Å²) in [7, 11) is 1.63. The Morgan fingerprint density at radius 3 is 2.59 bits per heavy atom. The lowest BCUT2D eigenvalue weighted by Crippen LogP contribution is -2.48. The van der Waals surface area contributed by atoms with E-state index >= 15 is 0 Å². The minimum Gasteiger partial charge on any atom is -0.466 e. The third-order valence-corrected chi connectivity index (χ3v) is 2.97. The zero-order valence-electron chi connectivity index (χ0n) is 10.6. The van der Waals surface area contributed by atoms with Gasteiger partial charge in [0.2, 0.25) is 0 Å². The van der Waals surface area contributed by atoms with E-state index in [-0.39, 0.29) is 11.5 Å². The Morgan fingerprint density at radius 2 is 2.00 bits per heavy atom. The molecule has 0 saturated heterocycles. The molecule has 1 fully saturated rings. The third-order valence-electron chi connectivity index (χ3n) is 2.97. The summed E-state index contributed by atoms with van der Waals surface area (Å²) in [6.45, 7) is 2.16. The molecule has 0 heterocycles. The minimum absolute atomic E-state index is 0.191. The molecule has 0 aliphatic heterocycles. The van der Waals surface area contributed by atoms with Crippen molar-refractivity contribution in [2.45, 2.75) is 37.6 Å². The van der Waals surface area contributed by atoms with Crippen LogP contribution in [0.5, 0.6) is 0 Å². The average Bonchev–Trinajstić information content (AvgIpc) is 2.26. The monoisotopic (exact) mass is 245 g/mol. The SMILES string of the molecule is COCCOCCCOC(=O)CC1(N)CCC1. The second-order valence-corrected chi connectivity index (χ2v) is 4.57. The zero-order chi connectivity index (χ0) is 12.6. The number of methoxy groups -OCH3 is 1. The molecular weight excluding hydrogens is 222 g/mol. The van der Waals surface area contributed by atoms with Crippen molar-refractivity contribution in [1.82, 2.24) is 0 Å². The first-order chi connectivity index (χ1) is 8.16. The first kappa shape index (κ1) is 14.4.